The number of pyridine rings is 1. The summed E-state index contributed by atoms with van der Waals surface area (Å²) in [5, 5.41) is 22.3. The van der Waals surface area contributed by atoms with Crippen molar-refractivity contribution >= 4 is 11.8 Å². The van der Waals surface area contributed by atoms with Crippen LogP contribution in [0.5, 0.6) is 0 Å². The molecule has 0 bridgehead atoms. The molecule has 0 amide bonds. The Morgan fingerprint density at radius 1 is 1.35 bits per heavy atom. The molecule has 0 spiro atoms. The van der Waals surface area contributed by atoms with Gasteiger partial charge in [0.15, 0.2) is 0 Å². The van der Waals surface area contributed by atoms with Crippen molar-refractivity contribution < 1.29 is 15.0 Å². The summed E-state index contributed by atoms with van der Waals surface area (Å²) < 4.78 is 0. The third kappa shape index (κ3) is 2.93. The van der Waals surface area contributed by atoms with E-state index in [1.54, 1.807) is 13.0 Å². The number of aryl methyl sites for hydroxylation is 2. The van der Waals surface area contributed by atoms with E-state index < -0.39 is 11.5 Å². The van der Waals surface area contributed by atoms with Gasteiger partial charge in [0.1, 0.15) is 11.4 Å². The van der Waals surface area contributed by atoms with Crippen LogP contribution >= 0.6 is 0 Å². The SMILES string of the molecule is Cc1cc(C)c(C(=O)O)c(NC2(CO)CCCCC2)n1. The van der Waals surface area contributed by atoms with Crippen molar-refractivity contribution in [3.63, 3.8) is 0 Å². The summed E-state index contributed by atoms with van der Waals surface area (Å²) >= 11 is 0. The molecule has 0 aromatic carbocycles. The topological polar surface area (TPSA) is 82.5 Å². The van der Waals surface area contributed by atoms with Gasteiger partial charge >= 0.3 is 5.97 Å². The van der Waals surface area contributed by atoms with Crippen LogP contribution in [-0.2, 0) is 0 Å². The summed E-state index contributed by atoms with van der Waals surface area (Å²) in [4.78, 5) is 15.8. The number of hydrogen-bond acceptors (Lipinski definition) is 4. The Morgan fingerprint density at radius 2 is 2.00 bits per heavy atom. The molecule has 1 heterocycles. The van der Waals surface area contributed by atoms with Gasteiger partial charge in [-0.1, -0.05) is 19.3 Å². The molecular formula is C15H22N2O3. The average molecular weight is 278 g/mol. The van der Waals surface area contributed by atoms with Gasteiger partial charge < -0.3 is 15.5 Å². The second kappa shape index (κ2) is 5.79. The van der Waals surface area contributed by atoms with Crippen LogP contribution in [-0.4, -0.2) is 33.3 Å². The Morgan fingerprint density at radius 3 is 2.55 bits per heavy atom. The van der Waals surface area contributed by atoms with E-state index in [0.29, 0.717) is 11.4 Å². The second-order valence-corrected chi connectivity index (χ2v) is 5.73. The second-order valence-electron chi connectivity index (χ2n) is 5.73. The molecule has 0 radical (unpaired) electrons. The summed E-state index contributed by atoms with van der Waals surface area (Å²) in [6, 6.07) is 1.77. The van der Waals surface area contributed by atoms with Gasteiger partial charge in [0, 0.05) is 5.69 Å². The van der Waals surface area contributed by atoms with Gasteiger partial charge in [-0.25, -0.2) is 9.78 Å². The minimum atomic E-state index is -0.985. The fraction of sp³-hybridized carbons (Fsp3) is 0.600. The average Bonchev–Trinajstić information content (AvgIpc) is 2.38. The first-order valence-electron chi connectivity index (χ1n) is 7.08. The van der Waals surface area contributed by atoms with Crippen molar-refractivity contribution in [1.82, 2.24) is 4.98 Å². The predicted molar refractivity (Wildman–Crippen MR) is 77.2 cm³/mol. The molecular weight excluding hydrogens is 256 g/mol. The van der Waals surface area contributed by atoms with E-state index in [9.17, 15) is 15.0 Å². The van der Waals surface area contributed by atoms with Crippen LogP contribution in [0.1, 0.15) is 53.7 Å². The number of carboxylic acids is 1. The molecule has 0 atom stereocenters. The van der Waals surface area contributed by atoms with Gasteiger partial charge in [0.05, 0.1) is 12.1 Å². The van der Waals surface area contributed by atoms with Crippen LogP contribution < -0.4 is 5.32 Å². The van der Waals surface area contributed by atoms with E-state index in [1.165, 1.54) is 0 Å². The van der Waals surface area contributed by atoms with E-state index >= 15 is 0 Å². The van der Waals surface area contributed by atoms with Gasteiger partial charge in [-0.2, -0.15) is 0 Å². The predicted octanol–water partition coefficient (Wildman–Crippen LogP) is 2.50. The third-order valence-electron chi connectivity index (χ3n) is 4.06. The molecule has 0 unspecified atom stereocenters. The van der Waals surface area contributed by atoms with Crippen molar-refractivity contribution in [3.05, 3.63) is 22.9 Å². The standard InChI is InChI=1S/C15H22N2O3/c1-10-8-11(2)16-13(12(10)14(19)20)17-15(9-18)6-4-3-5-7-15/h8,18H,3-7,9H2,1-2H3,(H,16,17)(H,19,20). The molecule has 5 nitrogen and oxygen atoms in total. The number of aromatic nitrogens is 1. The molecule has 110 valence electrons. The highest BCUT2D eigenvalue weighted by Crippen LogP contribution is 2.32. The Balaban J connectivity index is 2.38. The van der Waals surface area contributed by atoms with Gasteiger partial charge in [0.25, 0.3) is 0 Å². The zero-order valence-electron chi connectivity index (χ0n) is 12.1. The minimum absolute atomic E-state index is 0.000723. The Kier molecular flexibility index (Phi) is 4.28. The third-order valence-corrected chi connectivity index (χ3v) is 4.06. The summed E-state index contributed by atoms with van der Waals surface area (Å²) in [7, 11) is 0. The lowest BCUT2D eigenvalue weighted by Crippen LogP contribution is -2.44. The summed E-state index contributed by atoms with van der Waals surface area (Å²) in [6.45, 7) is 3.62. The van der Waals surface area contributed by atoms with Crippen LogP contribution in [0, 0.1) is 13.8 Å². The maximum absolute atomic E-state index is 11.4. The zero-order valence-corrected chi connectivity index (χ0v) is 12.1. The number of carbonyl (C=O) groups is 1. The molecule has 5 heteroatoms. The molecule has 1 fully saturated rings. The van der Waals surface area contributed by atoms with Crippen molar-refractivity contribution in [2.24, 2.45) is 0 Å². The number of carboxylic acid groups (broad SMARTS) is 1. The first kappa shape index (κ1) is 14.8. The molecule has 0 saturated heterocycles. The maximum atomic E-state index is 11.4. The number of nitrogens with zero attached hydrogens (tertiary/aromatic N) is 1. The van der Waals surface area contributed by atoms with Crippen LogP contribution in [0.4, 0.5) is 5.82 Å². The van der Waals surface area contributed by atoms with E-state index in [0.717, 1.165) is 37.8 Å². The largest absolute Gasteiger partial charge is 0.478 e. The lowest BCUT2D eigenvalue weighted by molar-refractivity contribution is 0.0696. The first-order valence-corrected chi connectivity index (χ1v) is 7.08. The highest BCUT2D eigenvalue weighted by Gasteiger charge is 2.33. The number of nitrogens with one attached hydrogen (secondary N) is 1. The molecule has 2 rings (SSSR count). The molecule has 1 saturated carbocycles. The van der Waals surface area contributed by atoms with Crippen LogP contribution in [0.15, 0.2) is 6.07 Å². The van der Waals surface area contributed by atoms with Crippen LogP contribution in [0.2, 0.25) is 0 Å². The number of aliphatic hydroxyl groups is 1. The van der Waals surface area contributed by atoms with E-state index in [2.05, 4.69) is 10.3 Å². The van der Waals surface area contributed by atoms with Crippen molar-refractivity contribution in [1.29, 1.82) is 0 Å². The molecule has 0 aliphatic heterocycles. The number of anilines is 1. The smallest absolute Gasteiger partial charge is 0.339 e. The lowest BCUT2D eigenvalue weighted by Gasteiger charge is -2.37. The van der Waals surface area contributed by atoms with Crippen molar-refractivity contribution in [2.75, 3.05) is 11.9 Å². The lowest BCUT2D eigenvalue weighted by atomic mass is 9.82. The molecule has 1 aromatic rings. The molecule has 3 N–H and O–H groups in total. The van der Waals surface area contributed by atoms with Crippen molar-refractivity contribution in [2.45, 2.75) is 51.5 Å². The van der Waals surface area contributed by atoms with E-state index in [4.69, 9.17) is 0 Å². The van der Waals surface area contributed by atoms with Gasteiger partial charge in [0.2, 0.25) is 0 Å². The van der Waals surface area contributed by atoms with Gasteiger partial charge in [-0.3, -0.25) is 0 Å². The Labute approximate surface area is 119 Å². The Hall–Kier alpha value is -1.62. The monoisotopic (exact) mass is 278 g/mol. The number of aliphatic hydroxyl groups excluding tert-OH is 1. The highest BCUT2D eigenvalue weighted by molar-refractivity contribution is 5.95. The van der Waals surface area contributed by atoms with Crippen LogP contribution in [0.25, 0.3) is 0 Å². The number of hydrogen-bond donors (Lipinski definition) is 3. The maximum Gasteiger partial charge on any atom is 0.339 e. The fourth-order valence-electron chi connectivity index (χ4n) is 3.00. The molecule has 1 aromatic heterocycles. The number of aromatic carboxylic acids is 1. The van der Waals surface area contributed by atoms with Gasteiger partial charge in [-0.05, 0) is 38.3 Å². The first-order chi connectivity index (χ1) is 9.47. The van der Waals surface area contributed by atoms with Crippen molar-refractivity contribution in [3.8, 4) is 0 Å². The fourth-order valence-corrected chi connectivity index (χ4v) is 3.00. The quantitative estimate of drug-likeness (QED) is 0.788. The molecule has 1 aliphatic carbocycles. The Bertz CT molecular complexity index is 508. The molecule has 20 heavy (non-hydrogen) atoms. The number of rotatable bonds is 4. The molecule has 1 aliphatic rings. The normalized spacial score (nSPS) is 17.8. The summed E-state index contributed by atoms with van der Waals surface area (Å²) in [5.74, 6) is -0.604. The summed E-state index contributed by atoms with van der Waals surface area (Å²) in [5.41, 5.74) is 1.24. The van der Waals surface area contributed by atoms with Crippen LogP contribution in [0.3, 0.4) is 0 Å². The highest BCUT2D eigenvalue weighted by atomic mass is 16.4. The van der Waals surface area contributed by atoms with E-state index in [1.807, 2.05) is 6.92 Å². The summed E-state index contributed by atoms with van der Waals surface area (Å²) in [6.07, 6.45) is 4.94. The van der Waals surface area contributed by atoms with E-state index in [-0.39, 0.29) is 12.2 Å². The zero-order chi connectivity index (χ0) is 14.8. The van der Waals surface area contributed by atoms with Gasteiger partial charge in [-0.15, -0.1) is 0 Å². The minimum Gasteiger partial charge on any atom is -0.478 e.